The normalized spacial score (nSPS) is 11.0. The van der Waals surface area contributed by atoms with Crippen LogP contribution in [0.2, 0.25) is 0 Å². The molecule has 4 rings (SSSR count). The van der Waals surface area contributed by atoms with Crippen LogP contribution in [-0.2, 0) is 0 Å². The minimum absolute atomic E-state index is 0.845. The van der Waals surface area contributed by atoms with Crippen molar-refractivity contribution < 1.29 is 4.42 Å². The van der Waals surface area contributed by atoms with Crippen LogP contribution in [-0.4, -0.2) is 0 Å². The van der Waals surface area contributed by atoms with Gasteiger partial charge in [-0.15, -0.1) is 0 Å². The molecular weight excluding hydrogens is 350 g/mol. The van der Waals surface area contributed by atoms with Crippen LogP contribution >= 0.6 is 15.9 Å². The first-order valence-corrected chi connectivity index (χ1v) is 8.14. The number of hydrogen-bond acceptors (Lipinski definition) is 2. The molecule has 0 atom stereocenters. The summed E-state index contributed by atoms with van der Waals surface area (Å²) in [6, 6.07) is 22.2. The van der Waals surface area contributed by atoms with Gasteiger partial charge in [0, 0.05) is 20.9 Å². The highest BCUT2D eigenvalue weighted by Crippen LogP contribution is 2.35. The van der Waals surface area contributed by atoms with Crippen LogP contribution in [0.1, 0.15) is 5.56 Å². The molecular formula is C20H14BrNO. The summed E-state index contributed by atoms with van der Waals surface area (Å²) in [5, 5.41) is 5.57. The third-order valence-corrected chi connectivity index (χ3v) is 4.36. The van der Waals surface area contributed by atoms with E-state index in [1.807, 2.05) is 54.6 Å². The molecule has 1 aromatic heterocycles. The number of halogens is 1. The van der Waals surface area contributed by atoms with E-state index < -0.39 is 0 Å². The van der Waals surface area contributed by atoms with Crippen molar-refractivity contribution in [2.24, 2.45) is 0 Å². The van der Waals surface area contributed by atoms with Crippen molar-refractivity contribution in [1.82, 2.24) is 0 Å². The van der Waals surface area contributed by atoms with Gasteiger partial charge in [-0.25, -0.2) is 0 Å². The van der Waals surface area contributed by atoms with Gasteiger partial charge < -0.3 is 9.73 Å². The van der Waals surface area contributed by atoms with E-state index in [4.69, 9.17) is 4.42 Å². The third kappa shape index (κ3) is 2.53. The molecule has 0 unspecified atom stereocenters. The van der Waals surface area contributed by atoms with Crippen LogP contribution in [0.15, 0.2) is 82.2 Å². The maximum absolute atomic E-state index is 6.05. The molecule has 23 heavy (non-hydrogen) atoms. The van der Waals surface area contributed by atoms with E-state index in [-0.39, 0.29) is 0 Å². The van der Waals surface area contributed by atoms with Crippen molar-refractivity contribution >= 4 is 49.3 Å². The number of furan rings is 1. The van der Waals surface area contributed by atoms with Gasteiger partial charge in [-0.2, -0.15) is 0 Å². The predicted molar refractivity (Wildman–Crippen MR) is 101 cm³/mol. The monoisotopic (exact) mass is 363 g/mol. The Morgan fingerprint density at radius 1 is 0.913 bits per heavy atom. The summed E-state index contributed by atoms with van der Waals surface area (Å²) in [7, 11) is 0. The fourth-order valence-electron chi connectivity index (χ4n) is 2.74. The Hall–Kier alpha value is -2.52. The number of anilines is 1. The molecule has 0 aliphatic rings. The van der Waals surface area contributed by atoms with E-state index in [0.717, 1.165) is 43.4 Å². The molecule has 0 fully saturated rings. The summed E-state index contributed by atoms with van der Waals surface area (Å²) in [4.78, 5) is 0. The number of benzene rings is 3. The molecule has 3 aromatic carbocycles. The molecule has 1 heterocycles. The minimum atomic E-state index is 0.845. The van der Waals surface area contributed by atoms with Crippen molar-refractivity contribution in [2.45, 2.75) is 0 Å². The molecule has 3 heteroatoms. The number of para-hydroxylation sites is 1. The molecule has 0 aliphatic heterocycles. The van der Waals surface area contributed by atoms with Gasteiger partial charge in [0.15, 0.2) is 5.58 Å². The second-order valence-electron chi connectivity index (χ2n) is 5.39. The van der Waals surface area contributed by atoms with Crippen LogP contribution in [0, 0.1) is 0 Å². The molecule has 0 saturated carbocycles. The standard InChI is InChI=1S/C20H14BrNO/c1-13(14-6-3-2-4-7-14)22-18-9-5-8-16-17-12-15(21)10-11-19(17)23-20(16)18/h2-12,22H,1H2. The zero-order valence-electron chi connectivity index (χ0n) is 12.3. The topological polar surface area (TPSA) is 25.2 Å². The van der Waals surface area contributed by atoms with Crippen LogP contribution < -0.4 is 5.32 Å². The number of nitrogens with one attached hydrogen (secondary N) is 1. The van der Waals surface area contributed by atoms with E-state index in [1.165, 1.54) is 0 Å². The lowest BCUT2D eigenvalue weighted by Gasteiger charge is -2.10. The Kier molecular flexibility index (Phi) is 3.43. The summed E-state index contributed by atoms with van der Waals surface area (Å²) in [6.45, 7) is 4.13. The fourth-order valence-corrected chi connectivity index (χ4v) is 3.10. The zero-order valence-corrected chi connectivity index (χ0v) is 13.9. The fraction of sp³-hybridized carbons (Fsp3) is 0. The molecule has 112 valence electrons. The molecule has 0 aliphatic carbocycles. The number of fused-ring (bicyclic) bond motifs is 3. The van der Waals surface area contributed by atoms with Crippen molar-refractivity contribution in [3.8, 4) is 0 Å². The lowest BCUT2D eigenvalue weighted by molar-refractivity contribution is 0.670. The van der Waals surface area contributed by atoms with Crippen LogP contribution in [0.3, 0.4) is 0 Å². The molecule has 0 radical (unpaired) electrons. The van der Waals surface area contributed by atoms with Crippen molar-refractivity contribution in [3.63, 3.8) is 0 Å². The van der Waals surface area contributed by atoms with Crippen molar-refractivity contribution in [1.29, 1.82) is 0 Å². The van der Waals surface area contributed by atoms with Gasteiger partial charge in [0.25, 0.3) is 0 Å². The molecule has 0 amide bonds. The van der Waals surface area contributed by atoms with Gasteiger partial charge in [0.2, 0.25) is 0 Å². The smallest absolute Gasteiger partial charge is 0.158 e. The predicted octanol–water partition coefficient (Wildman–Crippen LogP) is 6.43. The number of hydrogen-bond donors (Lipinski definition) is 1. The first-order valence-electron chi connectivity index (χ1n) is 7.34. The molecule has 4 aromatic rings. The Bertz CT molecular complexity index is 1020. The van der Waals surface area contributed by atoms with E-state index in [2.05, 4.69) is 40.0 Å². The van der Waals surface area contributed by atoms with Crippen LogP contribution in [0.25, 0.3) is 27.6 Å². The van der Waals surface area contributed by atoms with Crippen molar-refractivity contribution in [2.75, 3.05) is 5.32 Å². The highest BCUT2D eigenvalue weighted by atomic mass is 79.9. The second-order valence-corrected chi connectivity index (χ2v) is 6.31. The Morgan fingerprint density at radius 3 is 2.57 bits per heavy atom. The third-order valence-electron chi connectivity index (χ3n) is 3.87. The van der Waals surface area contributed by atoms with Gasteiger partial charge in [-0.1, -0.05) is 65.0 Å². The molecule has 0 saturated heterocycles. The Labute approximate surface area is 142 Å². The average molecular weight is 364 g/mol. The molecule has 0 bridgehead atoms. The van der Waals surface area contributed by atoms with Gasteiger partial charge in [0.05, 0.1) is 5.69 Å². The summed E-state index contributed by atoms with van der Waals surface area (Å²) >= 11 is 3.52. The minimum Gasteiger partial charge on any atom is -0.454 e. The molecule has 0 spiro atoms. The Balaban J connectivity index is 1.81. The summed E-state index contributed by atoms with van der Waals surface area (Å²) in [6.07, 6.45) is 0. The largest absolute Gasteiger partial charge is 0.454 e. The lowest BCUT2D eigenvalue weighted by atomic mass is 10.1. The highest BCUT2D eigenvalue weighted by Gasteiger charge is 2.11. The van der Waals surface area contributed by atoms with Gasteiger partial charge >= 0.3 is 0 Å². The number of rotatable bonds is 3. The summed E-state index contributed by atoms with van der Waals surface area (Å²) in [5.41, 5.74) is 4.55. The van der Waals surface area contributed by atoms with Gasteiger partial charge in [0.1, 0.15) is 5.58 Å². The highest BCUT2D eigenvalue weighted by molar-refractivity contribution is 9.10. The quantitative estimate of drug-likeness (QED) is 0.453. The van der Waals surface area contributed by atoms with E-state index in [0.29, 0.717) is 0 Å². The SMILES string of the molecule is C=C(Nc1cccc2c1oc1ccc(Br)cc12)c1ccccc1. The summed E-state index contributed by atoms with van der Waals surface area (Å²) < 4.78 is 7.09. The maximum Gasteiger partial charge on any atom is 0.158 e. The zero-order chi connectivity index (χ0) is 15.8. The van der Waals surface area contributed by atoms with E-state index in [9.17, 15) is 0 Å². The van der Waals surface area contributed by atoms with Gasteiger partial charge in [-0.3, -0.25) is 0 Å². The molecule has 1 N–H and O–H groups in total. The first kappa shape index (κ1) is 14.1. The average Bonchev–Trinajstić information content (AvgIpc) is 2.95. The molecule has 2 nitrogen and oxygen atoms in total. The van der Waals surface area contributed by atoms with Crippen LogP contribution in [0.5, 0.6) is 0 Å². The van der Waals surface area contributed by atoms with Crippen LogP contribution in [0.4, 0.5) is 5.69 Å². The van der Waals surface area contributed by atoms with Crippen molar-refractivity contribution in [3.05, 3.63) is 83.3 Å². The Morgan fingerprint density at radius 2 is 1.74 bits per heavy atom. The van der Waals surface area contributed by atoms with Gasteiger partial charge in [-0.05, 0) is 29.8 Å². The van der Waals surface area contributed by atoms with E-state index >= 15 is 0 Å². The maximum atomic E-state index is 6.05. The second kappa shape index (κ2) is 5.60. The summed E-state index contributed by atoms with van der Waals surface area (Å²) in [5.74, 6) is 0. The van der Waals surface area contributed by atoms with E-state index in [1.54, 1.807) is 0 Å². The first-order chi connectivity index (χ1) is 11.2. The lowest BCUT2D eigenvalue weighted by Crippen LogP contribution is -1.97.